The van der Waals surface area contributed by atoms with Crippen molar-refractivity contribution in [3.8, 4) is 0 Å². The van der Waals surface area contributed by atoms with Crippen LogP contribution in [0.5, 0.6) is 0 Å². The molecular formula is C15H24N4O. The van der Waals surface area contributed by atoms with Gasteiger partial charge in [0, 0.05) is 25.2 Å². The van der Waals surface area contributed by atoms with Gasteiger partial charge in [0.05, 0.1) is 0 Å². The molecule has 5 heteroatoms. The number of carbonyl (C=O) groups is 1. The average Bonchev–Trinajstić information content (AvgIpc) is 2.49. The van der Waals surface area contributed by atoms with E-state index in [0.717, 1.165) is 38.3 Å². The molecule has 1 aromatic heterocycles. The minimum atomic E-state index is 0.125. The third-order valence-corrected chi connectivity index (χ3v) is 3.65. The lowest BCUT2D eigenvalue weighted by Crippen LogP contribution is -2.44. The molecule has 0 aliphatic carbocycles. The summed E-state index contributed by atoms with van der Waals surface area (Å²) in [5.74, 6) is 1.10. The van der Waals surface area contributed by atoms with Crippen molar-refractivity contribution in [1.82, 2.24) is 15.2 Å². The average molecular weight is 276 g/mol. The summed E-state index contributed by atoms with van der Waals surface area (Å²) in [6, 6.07) is 5.72. The van der Waals surface area contributed by atoms with Crippen molar-refractivity contribution in [2.45, 2.75) is 12.8 Å². The molecule has 0 aromatic carbocycles. The molecule has 5 nitrogen and oxygen atoms in total. The van der Waals surface area contributed by atoms with E-state index in [1.54, 1.807) is 6.20 Å². The number of hydrogen-bond donors (Lipinski definition) is 1. The molecule has 20 heavy (non-hydrogen) atoms. The van der Waals surface area contributed by atoms with Gasteiger partial charge in [0.2, 0.25) is 5.91 Å². The van der Waals surface area contributed by atoms with Gasteiger partial charge in [-0.25, -0.2) is 4.98 Å². The lowest BCUT2D eigenvalue weighted by atomic mass is 9.96. The van der Waals surface area contributed by atoms with E-state index < -0.39 is 0 Å². The van der Waals surface area contributed by atoms with Crippen LogP contribution in [0, 0.1) is 5.92 Å². The maximum Gasteiger partial charge on any atom is 0.231 e. The molecule has 2 rings (SSSR count). The number of rotatable bonds is 5. The predicted octanol–water partition coefficient (Wildman–Crippen LogP) is 0.976. The van der Waals surface area contributed by atoms with Crippen LogP contribution in [-0.2, 0) is 4.79 Å². The summed E-state index contributed by atoms with van der Waals surface area (Å²) in [5.41, 5.74) is 0. The second-order valence-corrected chi connectivity index (χ2v) is 5.51. The summed E-state index contributed by atoms with van der Waals surface area (Å²) >= 11 is 0. The predicted molar refractivity (Wildman–Crippen MR) is 80.7 cm³/mol. The Hall–Kier alpha value is -1.46. The minimum absolute atomic E-state index is 0.125. The van der Waals surface area contributed by atoms with Crippen molar-refractivity contribution < 1.29 is 4.79 Å². The Labute approximate surface area is 121 Å². The number of carbonyl (C=O) groups excluding carboxylic acids is 1. The van der Waals surface area contributed by atoms with Crippen LogP contribution >= 0.6 is 0 Å². The molecule has 1 aromatic rings. The van der Waals surface area contributed by atoms with E-state index in [2.05, 4.69) is 15.2 Å². The Morgan fingerprint density at radius 2 is 2.05 bits per heavy atom. The summed E-state index contributed by atoms with van der Waals surface area (Å²) in [6.07, 6.45) is 3.59. The molecule has 1 aliphatic rings. The molecule has 0 saturated carbocycles. The number of pyridine rings is 1. The van der Waals surface area contributed by atoms with E-state index in [1.807, 2.05) is 37.2 Å². The normalized spacial score (nSPS) is 16.4. The van der Waals surface area contributed by atoms with Gasteiger partial charge >= 0.3 is 0 Å². The van der Waals surface area contributed by atoms with Gasteiger partial charge in [-0.1, -0.05) is 6.07 Å². The highest BCUT2D eigenvalue weighted by Crippen LogP contribution is 2.19. The first-order chi connectivity index (χ1) is 9.68. The zero-order valence-electron chi connectivity index (χ0n) is 12.4. The number of nitrogens with one attached hydrogen (secondary N) is 1. The summed E-state index contributed by atoms with van der Waals surface area (Å²) in [6.45, 7) is 3.39. The molecule has 0 spiro atoms. The maximum absolute atomic E-state index is 12.8. The van der Waals surface area contributed by atoms with Gasteiger partial charge in [0.25, 0.3) is 0 Å². The van der Waals surface area contributed by atoms with Crippen LogP contribution in [0.25, 0.3) is 0 Å². The lowest BCUT2D eigenvalue weighted by Gasteiger charge is -2.29. The van der Waals surface area contributed by atoms with Crippen molar-refractivity contribution >= 4 is 11.7 Å². The van der Waals surface area contributed by atoms with Crippen LogP contribution in [0.4, 0.5) is 5.82 Å². The van der Waals surface area contributed by atoms with Crippen molar-refractivity contribution in [2.75, 3.05) is 45.2 Å². The molecule has 0 bridgehead atoms. The van der Waals surface area contributed by atoms with E-state index >= 15 is 0 Å². The quantitative estimate of drug-likeness (QED) is 0.871. The Kier molecular flexibility index (Phi) is 5.49. The van der Waals surface area contributed by atoms with Crippen LogP contribution in [0.3, 0.4) is 0 Å². The van der Waals surface area contributed by atoms with Crippen LogP contribution in [0.2, 0.25) is 0 Å². The van der Waals surface area contributed by atoms with Crippen LogP contribution in [-0.4, -0.2) is 56.1 Å². The molecule has 1 saturated heterocycles. The van der Waals surface area contributed by atoms with Gasteiger partial charge in [-0.15, -0.1) is 0 Å². The second-order valence-electron chi connectivity index (χ2n) is 5.51. The Bertz CT molecular complexity index is 415. The van der Waals surface area contributed by atoms with Gasteiger partial charge in [-0.3, -0.25) is 9.69 Å². The van der Waals surface area contributed by atoms with E-state index in [-0.39, 0.29) is 11.8 Å². The van der Waals surface area contributed by atoms with Gasteiger partial charge in [0.1, 0.15) is 5.82 Å². The van der Waals surface area contributed by atoms with E-state index in [1.165, 1.54) is 0 Å². The number of amides is 1. The Balaban J connectivity index is 2.10. The number of piperidine rings is 1. The molecule has 0 unspecified atom stereocenters. The number of likely N-dealkylation sites (N-methyl/N-ethyl adjacent to an activating group) is 1. The van der Waals surface area contributed by atoms with Crippen LogP contribution in [0.15, 0.2) is 24.4 Å². The second kappa shape index (κ2) is 7.36. The number of nitrogens with zero attached hydrogens (tertiary/aromatic N) is 3. The minimum Gasteiger partial charge on any atom is -0.317 e. The van der Waals surface area contributed by atoms with Gasteiger partial charge < -0.3 is 10.2 Å². The summed E-state index contributed by atoms with van der Waals surface area (Å²) in [7, 11) is 4.04. The van der Waals surface area contributed by atoms with Crippen molar-refractivity contribution in [2.24, 2.45) is 5.92 Å². The molecule has 0 radical (unpaired) electrons. The van der Waals surface area contributed by atoms with Gasteiger partial charge in [-0.05, 0) is 52.2 Å². The van der Waals surface area contributed by atoms with Crippen molar-refractivity contribution in [3.63, 3.8) is 0 Å². The zero-order valence-corrected chi connectivity index (χ0v) is 12.4. The highest BCUT2D eigenvalue weighted by Gasteiger charge is 2.27. The van der Waals surface area contributed by atoms with E-state index in [0.29, 0.717) is 6.54 Å². The molecule has 1 fully saturated rings. The zero-order chi connectivity index (χ0) is 14.4. The fourth-order valence-corrected chi connectivity index (χ4v) is 2.44. The van der Waals surface area contributed by atoms with Gasteiger partial charge in [-0.2, -0.15) is 0 Å². The first-order valence-electron chi connectivity index (χ1n) is 7.26. The topological polar surface area (TPSA) is 48.5 Å². The first kappa shape index (κ1) is 14.9. The monoisotopic (exact) mass is 276 g/mol. The summed E-state index contributed by atoms with van der Waals surface area (Å²) in [4.78, 5) is 21.0. The molecular weight excluding hydrogens is 252 g/mol. The largest absolute Gasteiger partial charge is 0.317 e. The maximum atomic E-state index is 12.8. The standard InChI is InChI=1S/C15H24N4O/c1-18(2)11-12-19(14-5-3-4-8-17-14)15(20)13-6-9-16-10-7-13/h3-5,8,13,16H,6-7,9-12H2,1-2H3. The Morgan fingerprint density at radius 3 is 2.65 bits per heavy atom. The van der Waals surface area contributed by atoms with E-state index in [4.69, 9.17) is 0 Å². The third-order valence-electron chi connectivity index (χ3n) is 3.65. The van der Waals surface area contributed by atoms with Crippen LogP contribution in [0.1, 0.15) is 12.8 Å². The lowest BCUT2D eigenvalue weighted by molar-refractivity contribution is -0.123. The molecule has 1 N–H and O–H groups in total. The molecule has 1 aliphatic heterocycles. The third kappa shape index (κ3) is 4.02. The van der Waals surface area contributed by atoms with E-state index in [9.17, 15) is 4.79 Å². The van der Waals surface area contributed by atoms with Crippen molar-refractivity contribution in [3.05, 3.63) is 24.4 Å². The SMILES string of the molecule is CN(C)CCN(C(=O)C1CCNCC1)c1ccccn1. The number of hydrogen-bond acceptors (Lipinski definition) is 4. The summed E-state index contributed by atoms with van der Waals surface area (Å²) in [5, 5.41) is 3.30. The molecule has 1 amide bonds. The fourth-order valence-electron chi connectivity index (χ4n) is 2.44. The highest BCUT2D eigenvalue weighted by molar-refractivity contribution is 5.94. The van der Waals surface area contributed by atoms with Gasteiger partial charge in [0.15, 0.2) is 0 Å². The number of anilines is 1. The Morgan fingerprint density at radius 1 is 1.30 bits per heavy atom. The smallest absolute Gasteiger partial charge is 0.231 e. The van der Waals surface area contributed by atoms with Crippen molar-refractivity contribution in [1.29, 1.82) is 0 Å². The molecule has 0 atom stereocenters. The first-order valence-corrected chi connectivity index (χ1v) is 7.26. The summed E-state index contributed by atoms with van der Waals surface area (Å²) < 4.78 is 0. The number of aromatic nitrogens is 1. The molecule has 2 heterocycles. The fraction of sp³-hybridized carbons (Fsp3) is 0.600. The highest BCUT2D eigenvalue weighted by atomic mass is 16.2. The molecule has 110 valence electrons. The van der Waals surface area contributed by atoms with Crippen LogP contribution < -0.4 is 10.2 Å².